The van der Waals surface area contributed by atoms with Gasteiger partial charge in [0.1, 0.15) is 0 Å². The molecule has 0 amide bonds. The summed E-state index contributed by atoms with van der Waals surface area (Å²) in [6.45, 7) is 1.87. The fourth-order valence-electron chi connectivity index (χ4n) is 0.739. The third-order valence-corrected chi connectivity index (χ3v) is 4.14. The van der Waals surface area contributed by atoms with Gasteiger partial charge in [-0.25, -0.2) is 0 Å². The van der Waals surface area contributed by atoms with Crippen LogP contribution in [-0.4, -0.2) is 26.4 Å². The second-order valence-electron chi connectivity index (χ2n) is 2.38. The molecular weight excluding hydrogens is 254 g/mol. The summed E-state index contributed by atoms with van der Waals surface area (Å²) >= 11 is -4.90. The van der Waals surface area contributed by atoms with Crippen LogP contribution in [0.4, 0.5) is 0 Å². The van der Waals surface area contributed by atoms with Gasteiger partial charge in [-0.1, -0.05) is 0 Å². The van der Waals surface area contributed by atoms with E-state index in [1.807, 2.05) is 6.92 Å². The molecule has 0 aliphatic carbocycles. The van der Waals surface area contributed by atoms with Gasteiger partial charge in [0.2, 0.25) is 0 Å². The molecule has 0 atom stereocenters. The minimum atomic E-state index is -4.90. The molecule has 0 fully saturated rings. The quantitative estimate of drug-likeness (QED) is 0.675. The molecule has 0 aliphatic rings. The Hall–Kier alpha value is -0.242. The number of aryl methyl sites for hydroxylation is 1. The van der Waals surface area contributed by atoms with Gasteiger partial charge in [-0.15, -0.1) is 0 Å². The fraction of sp³-hybridized carbons (Fsp3) is 0.143. The molecule has 11 heavy (non-hydrogen) atoms. The van der Waals surface area contributed by atoms with Crippen LogP contribution in [0, 0.1) is 6.92 Å². The van der Waals surface area contributed by atoms with Crippen molar-refractivity contribution in [3.63, 3.8) is 0 Å². The summed E-state index contributed by atoms with van der Waals surface area (Å²) in [5.74, 6) is 0. The molecule has 0 aliphatic heterocycles. The van der Waals surface area contributed by atoms with Crippen molar-refractivity contribution in [1.29, 1.82) is 0 Å². The zero-order valence-electron chi connectivity index (χ0n) is 6.06. The summed E-state index contributed by atoms with van der Waals surface area (Å²) in [7, 11) is 0. The van der Waals surface area contributed by atoms with Crippen LogP contribution in [0.5, 0.6) is 0 Å². The van der Waals surface area contributed by atoms with Gasteiger partial charge in [0.15, 0.2) is 0 Å². The van der Waals surface area contributed by atoms with Crippen molar-refractivity contribution in [1.82, 2.24) is 0 Å². The molecular formula is C7H9O3Sb. The molecule has 0 radical (unpaired) electrons. The Kier molecular flexibility index (Phi) is 2.43. The van der Waals surface area contributed by atoms with Crippen LogP contribution in [0.3, 0.4) is 0 Å². The van der Waals surface area contributed by atoms with Crippen molar-refractivity contribution >= 4 is 23.1 Å². The van der Waals surface area contributed by atoms with E-state index in [4.69, 9.17) is 6.77 Å². The maximum atomic E-state index is 10.7. The SMILES string of the molecule is Cc1cc[c]([Sb](=[O])([OH])[OH])cc1. The fourth-order valence-corrected chi connectivity index (χ4v) is 2.27. The van der Waals surface area contributed by atoms with Gasteiger partial charge in [-0.05, 0) is 0 Å². The molecule has 0 saturated carbocycles. The maximum absolute atomic E-state index is 10.7. The molecule has 0 spiro atoms. The molecule has 2 N–H and O–H groups in total. The van der Waals surface area contributed by atoms with E-state index in [9.17, 15) is 3.02 Å². The summed E-state index contributed by atoms with van der Waals surface area (Å²) in [6.07, 6.45) is 0. The Bertz CT molecular complexity index is 285. The van der Waals surface area contributed by atoms with Crippen LogP contribution >= 0.6 is 0 Å². The minimum absolute atomic E-state index is 0.161. The van der Waals surface area contributed by atoms with E-state index in [-0.39, 0.29) is 3.51 Å². The van der Waals surface area contributed by atoms with Gasteiger partial charge in [-0.2, -0.15) is 0 Å². The topological polar surface area (TPSA) is 57.5 Å². The van der Waals surface area contributed by atoms with E-state index < -0.39 is 19.6 Å². The monoisotopic (exact) mass is 262 g/mol. The Morgan fingerprint density at radius 1 is 1.18 bits per heavy atom. The molecule has 1 rings (SSSR count). The van der Waals surface area contributed by atoms with E-state index in [1.54, 1.807) is 12.1 Å². The van der Waals surface area contributed by atoms with E-state index in [1.165, 1.54) is 12.1 Å². The van der Waals surface area contributed by atoms with Gasteiger partial charge < -0.3 is 0 Å². The molecule has 3 nitrogen and oxygen atoms in total. The van der Waals surface area contributed by atoms with E-state index >= 15 is 0 Å². The van der Waals surface area contributed by atoms with E-state index in [2.05, 4.69) is 0 Å². The van der Waals surface area contributed by atoms with Crippen molar-refractivity contribution in [2.45, 2.75) is 6.92 Å². The average molecular weight is 263 g/mol. The van der Waals surface area contributed by atoms with Crippen LogP contribution in [0.25, 0.3) is 0 Å². The number of benzene rings is 1. The Labute approximate surface area is 69.8 Å². The normalized spacial score (nSPS) is 11.5. The molecule has 0 heterocycles. The van der Waals surface area contributed by atoms with E-state index in [0.717, 1.165) is 5.56 Å². The summed E-state index contributed by atoms with van der Waals surface area (Å²) < 4.78 is 28.4. The van der Waals surface area contributed by atoms with Gasteiger partial charge in [0.25, 0.3) is 0 Å². The second kappa shape index (κ2) is 3.01. The Balaban J connectivity index is 3.09. The van der Waals surface area contributed by atoms with Crippen molar-refractivity contribution in [3.05, 3.63) is 29.8 Å². The summed E-state index contributed by atoms with van der Waals surface area (Å²) in [6, 6.07) is 6.35. The van der Waals surface area contributed by atoms with Gasteiger partial charge in [0.05, 0.1) is 0 Å². The zero-order chi connectivity index (χ0) is 8.48. The van der Waals surface area contributed by atoms with Crippen LogP contribution in [0.2, 0.25) is 0 Å². The van der Waals surface area contributed by atoms with E-state index in [0.29, 0.717) is 0 Å². The molecule has 1 aromatic rings. The first kappa shape index (κ1) is 8.85. The zero-order valence-corrected chi connectivity index (χ0v) is 8.61. The van der Waals surface area contributed by atoms with Crippen LogP contribution in [0.1, 0.15) is 5.56 Å². The molecule has 60 valence electrons. The third kappa shape index (κ3) is 2.37. The summed E-state index contributed by atoms with van der Waals surface area (Å²) in [4.78, 5) is 0. The molecule has 0 saturated heterocycles. The number of rotatable bonds is 1. The third-order valence-electron chi connectivity index (χ3n) is 1.37. The molecule has 0 aromatic heterocycles. The van der Waals surface area contributed by atoms with Crippen molar-refractivity contribution in [3.8, 4) is 0 Å². The Morgan fingerprint density at radius 2 is 1.64 bits per heavy atom. The van der Waals surface area contributed by atoms with Crippen LogP contribution < -0.4 is 3.51 Å². The molecule has 4 heteroatoms. The first-order chi connectivity index (χ1) is 5.00. The van der Waals surface area contributed by atoms with Crippen LogP contribution in [0.15, 0.2) is 24.3 Å². The summed E-state index contributed by atoms with van der Waals surface area (Å²) in [5, 5.41) is 0. The van der Waals surface area contributed by atoms with Crippen molar-refractivity contribution in [2.24, 2.45) is 0 Å². The number of hydrogen-bond donors (Lipinski definition) is 2. The predicted molar refractivity (Wildman–Crippen MR) is 41.7 cm³/mol. The predicted octanol–water partition coefficient (Wildman–Crippen LogP) is -0.444. The van der Waals surface area contributed by atoms with Gasteiger partial charge in [-0.3, -0.25) is 0 Å². The second-order valence-corrected chi connectivity index (χ2v) is 6.96. The van der Waals surface area contributed by atoms with Gasteiger partial charge >= 0.3 is 69.7 Å². The average Bonchev–Trinajstić information content (AvgIpc) is 1.86. The van der Waals surface area contributed by atoms with Gasteiger partial charge in [0, 0.05) is 0 Å². The standard InChI is InChI=1S/C7H7.2H2O.O.Sb/c1-7-5-3-2-4-6-7;;;;/h3-6H,1H3;2*1H2;;/q;;;;+2/p-2. The molecule has 1 aromatic carbocycles. The molecule has 0 bridgehead atoms. The molecule has 0 unspecified atom stereocenters. The van der Waals surface area contributed by atoms with Crippen LogP contribution in [-0.2, 0) is 3.02 Å². The first-order valence-electron chi connectivity index (χ1n) is 3.13. The van der Waals surface area contributed by atoms with Crippen molar-refractivity contribution in [2.75, 3.05) is 0 Å². The Morgan fingerprint density at radius 3 is 2.00 bits per heavy atom. The first-order valence-corrected chi connectivity index (χ1v) is 7.73. The number of hydrogen-bond acceptors (Lipinski definition) is 1. The summed E-state index contributed by atoms with van der Waals surface area (Å²) in [5.41, 5.74) is 1.00. The van der Waals surface area contributed by atoms with Crippen molar-refractivity contribution < 1.29 is 9.79 Å².